The molecule has 2 aliphatic heterocycles. The molecule has 0 aromatic heterocycles. The predicted molar refractivity (Wildman–Crippen MR) is 187 cm³/mol. The fraction of sp³-hybridized carbons (Fsp3) is 0.706. The number of benzene rings is 1. The topological polar surface area (TPSA) is 0 Å². The van der Waals surface area contributed by atoms with E-state index in [1.54, 1.807) is 5.56 Å². The van der Waals surface area contributed by atoms with Gasteiger partial charge in [-0.3, -0.25) is 0 Å². The molecule has 4 heteroatoms. The van der Waals surface area contributed by atoms with E-state index in [4.69, 9.17) is 0 Å². The van der Waals surface area contributed by atoms with E-state index in [2.05, 4.69) is 95.2 Å². The molecule has 2 aliphatic rings. The molecule has 0 bridgehead atoms. The van der Waals surface area contributed by atoms with Gasteiger partial charge in [0.1, 0.15) is 16.1 Å². The van der Waals surface area contributed by atoms with E-state index >= 15 is 0 Å². The van der Waals surface area contributed by atoms with Gasteiger partial charge < -0.3 is 0 Å². The molecule has 38 heavy (non-hydrogen) atoms. The summed E-state index contributed by atoms with van der Waals surface area (Å²) in [7, 11) is -6.64. The molecule has 0 saturated carbocycles. The molecule has 0 amide bonds. The number of hydrogen-bond acceptors (Lipinski definition) is 0. The molecular weight excluding hydrogens is 521 g/mol. The van der Waals surface area contributed by atoms with Gasteiger partial charge in [0.2, 0.25) is 0 Å². The Labute approximate surface area is 242 Å². The van der Waals surface area contributed by atoms with Gasteiger partial charge in [-0.15, -0.1) is 0 Å². The Morgan fingerprint density at radius 1 is 0.395 bits per heavy atom. The van der Waals surface area contributed by atoms with Gasteiger partial charge in [0, 0.05) is 0 Å². The van der Waals surface area contributed by atoms with Crippen LogP contribution >= 0.6 is 0 Å². The number of rotatable bonds is 12. The van der Waals surface area contributed by atoms with Gasteiger partial charge >= 0.3 is 0 Å². The Bertz CT molecular complexity index is 1060. The Balaban J connectivity index is 2.68. The predicted octanol–water partition coefficient (Wildman–Crippen LogP) is 9.68. The second-order valence-corrected chi connectivity index (χ2v) is 35.9. The molecule has 0 aliphatic carbocycles. The standard InChI is InChI=1S/C34H62Si4/c1-13-27-28-25-33-34(26-32(28)38(23-11,24-12)37(21-9,22-10)29(27)14-2)36(19-7,20-8)31(16-4)30(15-3)35(33,17-5)18-6/h25-26H,13-24H2,1-12H3. The van der Waals surface area contributed by atoms with Crippen LogP contribution < -0.4 is 15.6 Å². The van der Waals surface area contributed by atoms with Crippen molar-refractivity contribution in [2.24, 2.45) is 0 Å². The summed E-state index contributed by atoms with van der Waals surface area (Å²) in [4.78, 5) is 0. The van der Waals surface area contributed by atoms with Crippen LogP contribution in [0.3, 0.4) is 0 Å². The average Bonchev–Trinajstić information content (AvgIpc) is 2.97. The van der Waals surface area contributed by atoms with Crippen molar-refractivity contribution in [2.75, 3.05) is 0 Å². The molecule has 3 rings (SSSR count). The molecule has 0 spiro atoms. The highest BCUT2D eigenvalue weighted by Crippen LogP contribution is 2.48. The molecule has 0 saturated heterocycles. The molecule has 1 aromatic rings. The fourth-order valence-electron chi connectivity index (χ4n) is 10.8. The maximum Gasteiger partial charge on any atom is 0.112 e. The minimum Gasteiger partial charge on any atom is -0.0800 e. The zero-order valence-corrected chi connectivity index (χ0v) is 31.6. The van der Waals surface area contributed by atoms with Crippen LogP contribution in [0.4, 0.5) is 0 Å². The highest BCUT2D eigenvalue weighted by molar-refractivity contribution is 7.50. The van der Waals surface area contributed by atoms with Gasteiger partial charge in [0.25, 0.3) is 0 Å². The van der Waals surface area contributed by atoms with E-state index in [-0.39, 0.29) is 0 Å². The van der Waals surface area contributed by atoms with Crippen LogP contribution in [0.25, 0.3) is 5.57 Å². The van der Waals surface area contributed by atoms with Gasteiger partial charge in [-0.05, 0) is 36.8 Å². The Hall–Kier alpha value is -0.432. The first-order chi connectivity index (χ1) is 18.2. The summed E-state index contributed by atoms with van der Waals surface area (Å²) in [6.07, 6.45) is 5.13. The molecular formula is C34H62Si4. The first kappa shape index (κ1) is 32.1. The summed E-state index contributed by atoms with van der Waals surface area (Å²) in [6, 6.07) is 17.4. The third-order valence-corrected chi connectivity index (χ3v) is 45.9. The molecule has 0 unspecified atom stereocenters. The summed E-state index contributed by atoms with van der Waals surface area (Å²) in [5.74, 6) is 0. The number of allylic oxidation sites excluding steroid dienone is 4. The van der Waals surface area contributed by atoms with E-state index < -0.39 is 31.3 Å². The third kappa shape index (κ3) is 3.89. The number of hydrogen-bond donors (Lipinski definition) is 0. The lowest BCUT2D eigenvalue weighted by molar-refractivity contribution is 1.04. The summed E-state index contributed by atoms with van der Waals surface area (Å²) in [5, 5.41) is 11.9. The molecule has 1 aromatic carbocycles. The minimum atomic E-state index is -1.72. The maximum atomic E-state index is 3.04. The Kier molecular flexibility index (Phi) is 10.3. The Morgan fingerprint density at radius 3 is 1.11 bits per heavy atom. The number of fused-ring (bicyclic) bond motifs is 2. The molecule has 214 valence electrons. The quantitative estimate of drug-likeness (QED) is 0.215. The molecule has 0 fully saturated rings. The van der Waals surface area contributed by atoms with E-state index in [0.717, 1.165) is 0 Å². The van der Waals surface area contributed by atoms with Crippen LogP contribution in [0.2, 0.25) is 48.4 Å². The van der Waals surface area contributed by atoms with Crippen LogP contribution in [-0.2, 0) is 0 Å². The molecule has 0 radical (unpaired) electrons. The largest absolute Gasteiger partial charge is 0.112 e. The van der Waals surface area contributed by atoms with Crippen LogP contribution in [-0.4, -0.2) is 31.3 Å². The Morgan fingerprint density at radius 2 is 0.789 bits per heavy atom. The lowest BCUT2D eigenvalue weighted by Crippen LogP contribution is -2.75. The smallest absolute Gasteiger partial charge is 0.0800 e. The first-order valence-corrected chi connectivity index (χ1v) is 27.5. The first-order valence-electron chi connectivity index (χ1n) is 16.9. The molecule has 0 atom stereocenters. The monoisotopic (exact) mass is 582 g/mol. The van der Waals surface area contributed by atoms with Gasteiger partial charge in [-0.2, -0.15) is 0 Å². The van der Waals surface area contributed by atoms with Gasteiger partial charge in [0.15, 0.2) is 0 Å². The lowest BCUT2D eigenvalue weighted by Gasteiger charge is -2.55. The van der Waals surface area contributed by atoms with Crippen LogP contribution in [0.5, 0.6) is 0 Å². The molecule has 2 heterocycles. The van der Waals surface area contributed by atoms with Crippen molar-refractivity contribution in [1.82, 2.24) is 0 Å². The molecule has 0 N–H and O–H groups in total. The summed E-state index contributed by atoms with van der Waals surface area (Å²) in [6.45, 7) is 30.7. The summed E-state index contributed by atoms with van der Waals surface area (Å²) >= 11 is 0. The SMILES string of the molecule is CCC1=C(CC)[Si](CC)(CC)[Si](CC)(CC)c2cc3c(cc21)[Si](CC)(CC)C(CC)=C(CC)[Si]3(CC)CC. The van der Waals surface area contributed by atoms with Crippen molar-refractivity contribution in [2.45, 2.75) is 157 Å². The van der Waals surface area contributed by atoms with E-state index in [1.807, 2.05) is 36.7 Å². The van der Waals surface area contributed by atoms with Crippen molar-refractivity contribution in [3.8, 4) is 0 Å². The van der Waals surface area contributed by atoms with Crippen LogP contribution in [0, 0.1) is 0 Å². The normalized spacial score (nSPS) is 20.9. The highest BCUT2D eigenvalue weighted by Gasteiger charge is 2.58. The third-order valence-electron chi connectivity index (χ3n) is 12.6. The second-order valence-electron chi connectivity index (χ2n) is 12.4. The van der Waals surface area contributed by atoms with Gasteiger partial charge in [0.05, 0.1) is 15.2 Å². The fourth-order valence-corrected chi connectivity index (χ4v) is 45.7. The zero-order valence-electron chi connectivity index (χ0n) is 27.6. The van der Waals surface area contributed by atoms with Crippen molar-refractivity contribution in [1.29, 1.82) is 0 Å². The minimum absolute atomic E-state index is 1.23. The van der Waals surface area contributed by atoms with Crippen molar-refractivity contribution in [3.05, 3.63) is 33.3 Å². The summed E-state index contributed by atoms with van der Waals surface area (Å²) in [5.41, 5.74) is 3.61. The van der Waals surface area contributed by atoms with E-state index in [0.29, 0.717) is 0 Å². The highest BCUT2D eigenvalue weighted by atomic mass is 29.3. The lowest BCUT2D eigenvalue weighted by atomic mass is 10.0. The average molecular weight is 583 g/mol. The second kappa shape index (κ2) is 12.2. The van der Waals surface area contributed by atoms with E-state index in [9.17, 15) is 0 Å². The molecule has 0 nitrogen and oxygen atoms in total. The van der Waals surface area contributed by atoms with Crippen molar-refractivity contribution < 1.29 is 0 Å². The van der Waals surface area contributed by atoms with Crippen molar-refractivity contribution in [3.63, 3.8) is 0 Å². The van der Waals surface area contributed by atoms with Crippen LogP contribution in [0.15, 0.2) is 27.7 Å². The van der Waals surface area contributed by atoms with E-state index in [1.165, 1.54) is 74.0 Å². The van der Waals surface area contributed by atoms with Gasteiger partial charge in [-0.25, -0.2) is 0 Å². The van der Waals surface area contributed by atoms with Gasteiger partial charge in [-0.1, -0.05) is 175 Å². The maximum absolute atomic E-state index is 3.04. The summed E-state index contributed by atoms with van der Waals surface area (Å²) < 4.78 is 0. The van der Waals surface area contributed by atoms with Crippen LogP contribution in [0.1, 0.15) is 114 Å². The van der Waals surface area contributed by atoms with Crippen molar-refractivity contribution >= 4 is 52.5 Å². The zero-order chi connectivity index (χ0) is 28.5.